The summed E-state index contributed by atoms with van der Waals surface area (Å²) in [4.78, 5) is 26.9. The zero-order valence-corrected chi connectivity index (χ0v) is 16.3. The van der Waals surface area contributed by atoms with Crippen LogP contribution in [0, 0.1) is 6.92 Å². The molecule has 2 aromatic carbocycles. The van der Waals surface area contributed by atoms with Gasteiger partial charge >= 0.3 is 0 Å². The Morgan fingerprint density at radius 3 is 2.67 bits per heavy atom. The summed E-state index contributed by atoms with van der Waals surface area (Å²) in [6, 6.07) is 15.4. The highest BCUT2D eigenvalue weighted by atomic mass is 35.5. The first-order chi connectivity index (χ1) is 13.1. The molecular formula is C22H25ClN2O2. The van der Waals surface area contributed by atoms with Crippen molar-refractivity contribution in [3.05, 3.63) is 70.2 Å². The minimum absolute atomic E-state index is 0.0923. The second kappa shape index (κ2) is 9.05. The van der Waals surface area contributed by atoms with Gasteiger partial charge in [0, 0.05) is 36.1 Å². The topological polar surface area (TPSA) is 49.4 Å². The van der Waals surface area contributed by atoms with Crippen LogP contribution in [0.5, 0.6) is 0 Å². The van der Waals surface area contributed by atoms with E-state index in [2.05, 4.69) is 5.32 Å². The van der Waals surface area contributed by atoms with E-state index >= 15 is 0 Å². The standard InChI is InChI=1S/C22H25ClN2O2/c1-16-7-2-4-10-19(16)22(27)24-13-12-21(26)25-14-6-9-18(25)15-17-8-3-5-11-20(17)23/h2-5,7-8,10-11,18H,6,9,12-15H2,1H3,(H,24,27). The van der Waals surface area contributed by atoms with Crippen LogP contribution in [-0.4, -0.2) is 35.8 Å². The van der Waals surface area contributed by atoms with Gasteiger partial charge in [-0.05, 0) is 49.4 Å². The van der Waals surface area contributed by atoms with E-state index < -0.39 is 0 Å². The third kappa shape index (κ3) is 4.89. The van der Waals surface area contributed by atoms with Gasteiger partial charge in [-0.25, -0.2) is 0 Å². The van der Waals surface area contributed by atoms with E-state index in [-0.39, 0.29) is 17.9 Å². The van der Waals surface area contributed by atoms with Crippen molar-refractivity contribution in [3.63, 3.8) is 0 Å². The summed E-state index contributed by atoms with van der Waals surface area (Å²) in [5.74, 6) is -0.0374. The van der Waals surface area contributed by atoms with Gasteiger partial charge in [0.05, 0.1) is 0 Å². The average molecular weight is 385 g/mol. The molecular weight excluding hydrogens is 360 g/mol. The fraction of sp³-hybridized carbons (Fsp3) is 0.364. The molecule has 1 aliphatic heterocycles. The molecule has 0 saturated carbocycles. The highest BCUT2D eigenvalue weighted by Gasteiger charge is 2.28. The van der Waals surface area contributed by atoms with E-state index in [9.17, 15) is 9.59 Å². The summed E-state index contributed by atoms with van der Waals surface area (Å²) in [5.41, 5.74) is 2.67. The monoisotopic (exact) mass is 384 g/mol. The number of nitrogens with one attached hydrogen (secondary N) is 1. The molecule has 27 heavy (non-hydrogen) atoms. The van der Waals surface area contributed by atoms with Crippen LogP contribution in [0.25, 0.3) is 0 Å². The molecule has 142 valence electrons. The molecule has 0 spiro atoms. The van der Waals surface area contributed by atoms with Gasteiger partial charge in [0.15, 0.2) is 0 Å². The molecule has 0 radical (unpaired) electrons. The first-order valence-electron chi connectivity index (χ1n) is 9.43. The van der Waals surface area contributed by atoms with Crippen LogP contribution in [0.15, 0.2) is 48.5 Å². The molecule has 1 N–H and O–H groups in total. The van der Waals surface area contributed by atoms with Gasteiger partial charge in [-0.3, -0.25) is 9.59 Å². The van der Waals surface area contributed by atoms with Crippen molar-refractivity contribution in [2.45, 2.75) is 38.6 Å². The van der Waals surface area contributed by atoms with Crippen LogP contribution in [-0.2, 0) is 11.2 Å². The highest BCUT2D eigenvalue weighted by Crippen LogP contribution is 2.25. The maximum atomic E-state index is 12.7. The minimum Gasteiger partial charge on any atom is -0.352 e. The Morgan fingerprint density at radius 1 is 1.15 bits per heavy atom. The number of aryl methyl sites for hydroxylation is 1. The van der Waals surface area contributed by atoms with Crippen LogP contribution in [0.4, 0.5) is 0 Å². The Morgan fingerprint density at radius 2 is 1.89 bits per heavy atom. The molecule has 2 amide bonds. The Hall–Kier alpha value is -2.33. The lowest BCUT2D eigenvalue weighted by molar-refractivity contribution is -0.131. The largest absolute Gasteiger partial charge is 0.352 e. The fourth-order valence-corrected chi connectivity index (χ4v) is 3.86. The van der Waals surface area contributed by atoms with Crippen LogP contribution in [0.2, 0.25) is 5.02 Å². The van der Waals surface area contributed by atoms with Gasteiger partial charge in [0.2, 0.25) is 5.91 Å². The normalized spacial score (nSPS) is 16.4. The molecule has 1 saturated heterocycles. The van der Waals surface area contributed by atoms with E-state index in [1.807, 2.05) is 54.3 Å². The van der Waals surface area contributed by atoms with Gasteiger partial charge in [-0.15, -0.1) is 0 Å². The summed E-state index contributed by atoms with van der Waals surface area (Å²) in [6.07, 6.45) is 3.10. The van der Waals surface area contributed by atoms with Crippen molar-refractivity contribution in [1.82, 2.24) is 10.2 Å². The first-order valence-corrected chi connectivity index (χ1v) is 9.81. The number of hydrogen-bond donors (Lipinski definition) is 1. The number of amides is 2. The average Bonchev–Trinajstić information content (AvgIpc) is 3.12. The Bertz CT molecular complexity index is 821. The van der Waals surface area contributed by atoms with Crippen LogP contribution < -0.4 is 5.32 Å². The summed E-state index contributed by atoms with van der Waals surface area (Å²) in [6.45, 7) is 3.03. The lowest BCUT2D eigenvalue weighted by Crippen LogP contribution is -2.38. The molecule has 1 unspecified atom stereocenters. The van der Waals surface area contributed by atoms with Crippen molar-refractivity contribution in [2.75, 3.05) is 13.1 Å². The summed E-state index contributed by atoms with van der Waals surface area (Å²) in [5, 5.41) is 3.61. The van der Waals surface area contributed by atoms with Crippen molar-refractivity contribution < 1.29 is 9.59 Å². The number of likely N-dealkylation sites (tertiary alicyclic amines) is 1. The number of hydrogen-bond acceptors (Lipinski definition) is 2. The second-order valence-electron chi connectivity index (χ2n) is 7.00. The molecule has 0 aliphatic carbocycles. The van der Waals surface area contributed by atoms with Gasteiger partial charge < -0.3 is 10.2 Å². The van der Waals surface area contributed by atoms with Crippen LogP contribution in [0.1, 0.15) is 40.7 Å². The molecule has 1 atom stereocenters. The maximum absolute atomic E-state index is 12.7. The third-order valence-corrected chi connectivity index (χ3v) is 5.49. The SMILES string of the molecule is Cc1ccccc1C(=O)NCCC(=O)N1CCCC1Cc1ccccc1Cl. The number of halogens is 1. The summed E-state index contributed by atoms with van der Waals surface area (Å²) in [7, 11) is 0. The number of benzene rings is 2. The number of carbonyl (C=O) groups is 2. The van der Waals surface area contributed by atoms with Crippen molar-refractivity contribution in [2.24, 2.45) is 0 Å². The first kappa shape index (κ1) is 19.4. The maximum Gasteiger partial charge on any atom is 0.251 e. The summed E-state index contributed by atoms with van der Waals surface area (Å²) >= 11 is 6.27. The second-order valence-corrected chi connectivity index (χ2v) is 7.41. The predicted molar refractivity (Wildman–Crippen MR) is 108 cm³/mol. The highest BCUT2D eigenvalue weighted by molar-refractivity contribution is 6.31. The van der Waals surface area contributed by atoms with Gasteiger partial charge in [0.1, 0.15) is 0 Å². The molecule has 5 heteroatoms. The molecule has 1 aliphatic rings. The molecule has 1 heterocycles. The molecule has 3 rings (SSSR count). The van der Waals surface area contributed by atoms with E-state index in [1.165, 1.54) is 0 Å². The van der Waals surface area contributed by atoms with Gasteiger partial charge in [-0.2, -0.15) is 0 Å². The zero-order valence-electron chi connectivity index (χ0n) is 15.6. The fourth-order valence-electron chi connectivity index (χ4n) is 3.64. The molecule has 0 bridgehead atoms. The van der Waals surface area contributed by atoms with Crippen molar-refractivity contribution >= 4 is 23.4 Å². The Balaban J connectivity index is 1.52. The molecule has 1 fully saturated rings. The summed E-state index contributed by atoms with van der Waals surface area (Å²) < 4.78 is 0. The number of carbonyl (C=O) groups excluding carboxylic acids is 2. The van der Waals surface area contributed by atoms with Crippen molar-refractivity contribution in [3.8, 4) is 0 Å². The van der Waals surface area contributed by atoms with E-state index in [1.54, 1.807) is 6.07 Å². The molecule has 2 aromatic rings. The van der Waals surface area contributed by atoms with E-state index in [0.29, 0.717) is 18.5 Å². The van der Waals surface area contributed by atoms with E-state index in [0.717, 1.165) is 42.0 Å². The van der Waals surface area contributed by atoms with Gasteiger partial charge in [0.25, 0.3) is 5.91 Å². The van der Waals surface area contributed by atoms with Crippen molar-refractivity contribution in [1.29, 1.82) is 0 Å². The predicted octanol–water partition coefficient (Wildman–Crippen LogP) is 4.00. The zero-order chi connectivity index (χ0) is 19.2. The van der Waals surface area contributed by atoms with Gasteiger partial charge in [-0.1, -0.05) is 48.0 Å². The Kier molecular flexibility index (Phi) is 6.51. The quantitative estimate of drug-likeness (QED) is 0.818. The molecule has 4 nitrogen and oxygen atoms in total. The smallest absolute Gasteiger partial charge is 0.251 e. The number of nitrogens with zero attached hydrogens (tertiary/aromatic N) is 1. The third-order valence-electron chi connectivity index (χ3n) is 5.12. The lowest BCUT2D eigenvalue weighted by Gasteiger charge is -2.25. The lowest BCUT2D eigenvalue weighted by atomic mass is 10.0. The van der Waals surface area contributed by atoms with E-state index in [4.69, 9.17) is 11.6 Å². The Labute approximate surface area is 165 Å². The minimum atomic E-state index is -0.130. The molecule has 0 aromatic heterocycles. The van der Waals surface area contributed by atoms with Crippen LogP contribution in [0.3, 0.4) is 0 Å². The van der Waals surface area contributed by atoms with Crippen LogP contribution >= 0.6 is 11.6 Å². The number of rotatable bonds is 6.